The molecule has 1 N–H and O–H groups in total. The zero-order valence-corrected chi connectivity index (χ0v) is 17.4. The number of hydrogen-bond acceptors (Lipinski definition) is 4. The van der Waals surface area contributed by atoms with Crippen LogP contribution in [-0.2, 0) is 25.7 Å². The molecule has 1 atom stereocenters. The SMILES string of the molecule is CCn1cc(CN2CC[C@H](c3cc(CCOc4ccc(C(F)(F)F)cc4)[nH]n3)C2)cn1. The van der Waals surface area contributed by atoms with Crippen molar-refractivity contribution in [2.45, 2.75) is 44.9 Å². The van der Waals surface area contributed by atoms with Gasteiger partial charge >= 0.3 is 6.18 Å². The number of likely N-dealkylation sites (tertiary alicyclic amines) is 1. The maximum atomic E-state index is 12.6. The second kappa shape index (κ2) is 9.13. The van der Waals surface area contributed by atoms with Crippen molar-refractivity contribution in [2.75, 3.05) is 19.7 Å². The Hall–Kier alpha value is -2.81. The van der Waals surface area contributed by atoms with Gasteiger partial charge in [0.15, 0.2) is 0 Å². The predicted molar refractivity (Wildman–Crippen MR) is 110 cm³/mol. The van der Waals surface area contributed by atoms with E-state index in [0.717, 1.165) is 56.1 Å². The summed E-state index contributed by atoms with van der Waals surface area (Å²) in [7, 11) is 0. The number of nitrogens with one attached hydrogen (secondary N) is 1. The van der Waals surface area contributed by atoms with E-state index in [2.05, 4.69) is 39.4 Å². The minimum absolute atomic E-state index is 0.366. The lowest BCUT2D eigenvalue weighted by Gasteiger charge is -2.14. The van der Waals surface area contributed by atoms with Crippen molar-refractivity contribution in [3.63, 3.8) is 0 Å². The monoisotopic (exact) mass is 433 g/mol. The van der Waals surface area contributed by atoms with Gasteiger partial charge in [-0.1, -0.05) is 0 Å². The molecule has 4 rings (SSSR count). The summed E-state index contributed by atoms with van der Waals surface area (Å²) in [5.41, 5.74) is 2.56. The van der Waals surface area contributed by atoms with Gasteiger partial charge < -0.3 is 4.74 Å². The van der Waals surface area contributed by atoms with Crippen molar-refractivity contribution in [1.82, 2.24) is 24.9 Å². The van der Waals surface area contributed by atoms with Gasteiger partial charge in [-0.2, -0.15) is 23.4 Å². The Bertz CT molecular complexity index is 980. The number of benzene rings is 1. The Kier molecular flexibility index (Phi) is 6.31. The number of hydrogen-bond donors (Lipinski definition) is 1. The molecule has 0 spiro atoms. The molecule has 1 aliphatic rings. The molecule has 0 aliphatic carbocycles. The van der Waals surface area contributed by atoms with E-state index < -0.39 is 11.7 Å². The van der Waals surface area contributed by atoms with Crippen molar-refractivity contribution in [1.29, 1.82) is 0 Å². The van der Waals surface area contributed by atoms with Crippen molar-refractivity contribution >= 4 is 0 Å². The number of halogens is 3. The maximum Gasteiger partial charge on any atom is 0.416 e. The van der Waals surface area contributed by atoms with E-state index in [0.29, 0.717) is 24.7 Å². The minimum atomic E-state index is -4.34. The molecular formula is C22H26F3N5O. The summed E-state index contributed by atoms with van der Waals surface area (Å²) >= 11 is 0. The van der Waals surface area contributed by atoms with Gasteiger partial charge in [0.25, 0.3) is 0 Å². The van der Waals surface area contributed by atoms with E-state index in [1.807, 2.05) is 10.9 Å². The highest BCUT2D eigenvalue weighted by Crippen LogP contribution is 2.30. The molecule has 0 radical (unpaired) electrons. The molecule has 0 unspecified atom stereocenters. The van der Waals surface area contributed by atoms with Gasteiger partial charge in [0.1, 0.15) is 5.75 Å². The second-order valence-electron chi connectivity index (χ2n) is 7.86. The first-order valence-corrected chi connectivity index (χ1v) is 10.5. The quantitative estimate of drug-likeness (QED) is 0.577. The molecule has 0 bridgehead atoms. The lowest BCUT2D eigenvalue weighted by Crippen LogP contribution is -2.19. The average molecular weight is 433 g/mol. The van der Waals surface area contributed by atoms with Crippen LogP contribution in [0.2, 0.25) is 0 Å². The van der Waals surface area contributed by atoms with Crippen molar-refractivity contribution in [3.05, 3.63) is 65.2 Å². The first kappa shape index (κ1) is 21.4. The summed E-state index contributed by atoms with van der Waals surface area (Å²) in [6.45, 7) is 6.21. The molecule has 3 aromatic rings. The van der Waals surface area contributed by atoms with Gasteiger partial charge in [-0.05, 0) is 50.2 Å². The van der Waals surface area contributed by atoms with Crippen LogP contribution in [0.15, 0.2) is 42.7 Å². The average Bonchev–Trinajstić information content (AvgIpc) is 3.49. The molecule has 166 valence electrons. The van der Waals surface area contributed by atoms with E-state index in [4.69, 9.17) is 4.74 Å². The topological polar surface area (TPSA) is 59.0 Å². The lowest BCUT2D eigenvalue weighted by molar-refractivity contribution is -0.137. The van der Waals surface area contributed by atoms with Gasteiger partial charge in [0, 0.05) is 49.4 Å². The zero-order chi connectivity index (χ0) is 21.8. The van der Waals surface area contributed by atoms with E-state index in [1.165, 1.54) is 17.7 Å². The molecule has 1 fully saturated rings. The summed E-state index contributed by atoms with van der Waals surface area (Å²) < 4.78 is 45.4. The van der Waals surface area contributed by atoms with Crippen LogP contribution in [0.1, 0.15) is 41.8 Å². The molecule has 1 aromatic carbocycles. The molecule has 1 saturated heterocycles. The normalized spacial score (nSPS) is 17.4. The lowest BCUT2D eigenvalue weighted by atomic mass is 10.0. The highest BCUT2D eigenvalue weighted by atomic mass is 19.4. The summed E-state index contributed by atoms with van der Waals surface area (Å²) in [4.78, 5) is 2.42. The van der Waals surface area contributed by atoms with Gasteiger partial charge in [0.05, 0.1) is 24.1 Å². The van der Waals surface area contributed by atoms with E-state index >= 15 is 0 Å². The molecule has 3 heterocycles. The molecule has 1 aliphatic heterocycles. The number of H-pyrrole nitrogens is 1. The van der Waals surface area contributed by atoms with Crippen molar-refractivity contribution in [3.8, 4) is 5.75 Å². The van der Waals surface area contributed by atoms with Gasteiger partial charge in [-0.3, -0.25) is 14.7 Å². The fourth-order valence-electron chi connectivity index (χ4n) is 3.87. The summed E-state index contributed by atoms with van der Waals surface area (Å²) in [6, 6.07) is 6.82. The number of aromatic nitrogens is 4. The molecule has 2 aromatic heterocycles. The van der Waals surface area contributed by atoms with Gasteiger partial charge in [-0.25, -0.2) is 0 Å². The first-order valence-electron chi connectivity index (χ1n) is 10.5. The van der Waals surface area contributed by atoms with Gasteiger partial charge in [0.2, 0.25) is 0 Å². The zero-order valence-electron chi connectivity index (χ0n) is 17.4. The number of aromatic amines is 1. The largest absolute Gasteiger partial charge is 0.493 e. The van der Waals surface area contributed by atoms with Crippen LogP contribution in [0.4, 0.5) is 13.2 Å². The van der Waals surface area contributed by atoms with Crippen LogP contribution in [-0.4, -0.2) is 44.6 Å². The summed E-state index contributed by atoms with van der Waals surface area (Å²) in [5.74, 6) is 0.813. The Morgan fingerprint density at radius 1 is 1.23 bits per heavy atom. The fourth-order valence-corrected chi connectivity index (χ4v) is 3.87. The van der Waals surface area contributed by atoms with Crippen LogP contribution in [0.3, 0.4) is 0 Å². The molecule has 0 saturated carbocycles. The summed E-state index contributed by atoms with van der Waals surface area (Å²) in [5, 5.41) is 11.9. The first-order chi connectivity index (χ1) is 14.9. The van der Waals surface area contributed by atoms with Crippen LogP contribution >= 0.6 is 0 Å². The summed E-state index contributed by atoms with van der Waals surface area (Å²) in [6.07, 6.45) is 1.36. The fraction of sp³-hybridized carbons (Fsp3) is 0.455. The number of nitrogens with zero attached hydrogens (tertiary/aromatic N) is 4. The van der Waals surface area contributed by atoms with Crippen LogP contribution in [0, 0.1) is 0 Å². The van der Waals surface area contributed by atoms with Crippen molar-refractivity contribution < 1.29 is 17.9 Å². The number of rotatable bonds is 8. The number of aryl methyl sites for hydroxylation is 1. The highest BCUT2D eigenvalue weighted by molar-refractivity contribution is 5.29. The minimum Gasteiger partial charge on any atom is -0.493 e. The molecule has 6 nitrogen and oxygen atoms in total. The van der Waals surface area contributed by atoms with Crippen LogP contribution in [0.5, 0.6) is 5.75 Å². The Morgan fingerprint density at radius 2 is 2.03 bits per heavy atom. The van der Waals surface area contributed by atoms with Crippen LogP contribution in [0.25, 0.3) is 0 Å². The third-order valence-electron chi connectivity index (χ3n) is 5.58. The third kappa shape index (κ3) is 5.46. The van der Waals surface area contributed by atoms with Crippen LogP contribution < -0.4 is 4.74 Å². The van der Waals surface area contributed by atoms with E-state index in [-0.39, 0.29) is 0 Å². The standard InChI is InChI=1S/C22H26F3N5O/c1-2-30-14-16(12-26-30)13-29-9-7-17(15-29)21-11-19(27-28-21)8-10-31-20-5-3-18(4-6-20)22(23,24)25/h3-6,11-12,14,17H,2,7-10,13,15H2,1H3,(H,27,28)/t17-/m0/s1. The molecule has 31 heavy (non-hydrogen) atoms. The Balaban J connectivity index is 1.24. The second-order valence-corrected chi connectivity index (χ2v) is 7.86. The Labute approximate surface area is 179 Å². The molecule has 9 heteroatoms. The molecular weight excluding hydrogens is 407 g/mol. The van der Waals surface area contributed by atoms with Gasteiger partial charge in [-0.15, -0.1) is 0 Å². The predicted octanol–water partition coefficient (Wildman–Crippen LogP) is 4.26. The Morgan fingerprint density at radius 3 is 2.74 bits per heavy atom. The highest BCUT2D eigenvalue weighted by Gasteiger charge is 2.30. The number of ether oxygens (including phenoxy) is 1. The smallest absolute Gasteiger partial charge is 0.416 e. The van der Waals surface area contributed by atoms with E-state index in [1.54, 1.807) is 0 Å². The number of alkyl halides is 3. The molecule has 0 amide bonds. The van der Waals surface area contributed by atoms with E-state index in [9.17, 15) is 13.2 Å². The van der Waals surface area contributed by atoms with Crippen molar-refractivity contribution in [2.24, 2.45) is 0 Å². The maximum absolute atomic E-state index is 12.6. The third-order valence-corrected chi connectivity index (χ3v) is 5.58.